The van der Waals surface area contributed by atoms with Gasteiger partial charge in [-0.25, -0.2) is 9.79 Å². The van der Waals surface area contributed by atoms with Crippen LogP contribution >= 0.6 is 11.8 Å². The van der Waals surface area contributed by atoms with Crippen LogP contribution in [0.5, 0.6) is 11.5 Å². The SMILES string of the molecule is COC(=O)C1=C(C)N=C2SC=C(CC(=O)NCCN3CCOCC3)N2[C@@H]1c1ccc(OCc2ccccc2)c(OC)c1. The number of aliphatic imine (C=N–C) groups is 1. The largest absolute Gasteiger partial charge is 0.493 e. The van der Waals surface area contributed by atoms with Crippen molar-refractivity contribution in [1.82, 2.24) is 15.1 Å². The lowest BCUT2D eigenvalue weighted by Gasteiger charge is -2.36. The number of benzene rings is 2. The van der Waals surface area contributed by atoms with Gasteiger partial charge < -0.3 is 29.2 Å². The predicted octanol–water partition coefficient (Wildman–Crippen LogP) is 3.86. The zero-order valence-corrected chi connectivity index (χ0v) is 24.9. The van der Waals surface area contributed by atoms with Crippen molar-refractivity contribution in [3.63, 3.8) is 0 Å². The average molecular weight is 593 g/mol. The minimum absolute atomic E-state index is 0.0942. The van der Waals surface area contributed by atoms with Gasteiger partial charge in [0, 0.05) is 31.9 Å². The molecule has 0 radical (unpaired) electrons. The smallest absolute Gasteiger partial charge is 0.338 e. The molecule has 1 atom stereocenters. The summed E-state index contributed by atoms with van der Waals surface area (Å²) in [7, 11) is 2.94. The molecule has 1 saturated heterocycles. The Morgan fingerprint density at radius 3 is 2.62 bits per heavy atom. The first-order chi connectivity index (χ1) is 20.5. The van der Waals surface area contributed by atoms with Gasteiger partial charge in [-0.15, -0.1) is 0 Å². The van der Waals surface area contributed by atoms with Crippen LogP contribution in [0.15, 0.2) is 75.9 Å². The van der Waals surface area contributed by atoms with Gasteiger partial charge in [-0.2, -0.15) is 0 Å². The molecule has 0 spiro atoms. The third kappa shape index (κ3) is 6.80. The van der Waals surface area contributed by atoms with Crippen molar-refractivity contribution in [2.24, 2.45) is 4.99 Å². The Labute approximate surface area is 250 Å². The average Bonchev–Trinajstić information content (AvgIpc) is 3.41. The Kier molecular flexibility index (Phi) is 9.83. The molecule has 0 bridgehead atoms. The van der Waals surface area contributed by atoms with E-state index in [-0.39, 0.29) is 12.3 Å². The quantitative estimate of drug-likeness (QED) is 0.390. The molecule has 2 aromatic carbocycles. The first kappa shape index (κ1) is 29.7. The number of thioether (sulfide) groups is 1. The summed E-state index contributed by atoms with van der Waals surface area (Å²) >= 11 is 1.43. The topological polar surface area (TPSA) is 102 Å². The number of esters is 1. The second-order valence-corrected chi connectivity index (χ2v) is 10.9. The van der Waals surface area contributed by atoms with Crippen LogP contribution in [0.25, 0.3) is 0 Å². The molecule has 0 unspecified atom stereocenters. The molecule has 0 aliphatic carbocycles. The van der Waals surface area contributed by atoms with Crippen molar-refractivity contribution in [3.8, 4) is 11.5 Å². The first-order valence-electron chi connectivity index (χ1n) is 13.9. The molecule has 3 aliphatic heterocycles. The monoisotopic (exact) mass is 592 g/mol. The predicted molar refractivity (Wildman–Crippen MR) is 161 cm³/mol. The van der Waals surface area contributed by atoms with E-state index in [0.717, 1.165) is 49.7 Å². The van der Waals surface area contributed by atoms with E-state index in [4.69, 9.17) is 23.9 Å². The minimum atomic E-state index is -0.565. The van der Waals surface area contributed by atoms with Gasteiger partial charge in [0.25, 0.3) is 0 Å². The molecule has 222 valence electrons. The Morgan fingerprint density at radius 2 is 1.88 bits per heavy atom. The van der Waals surface area contributed by atoms with Crippen LogP contribution in [0.4, 0.5) is 0 Å². The highest BCUT2D eigenvalue weighted by molar-refractivity contribution is 8.16. The van der Waals surface area contributed by atoms with Gasteiger partial charge in [0.05, 0.1) is 51.2 Å². The molecule has 1 N–H and O–H groups in total. The van der Waals surface area contributed by atoms with Crippen molar-refractivity contribution in [1.29, 1.82) is 0 Å². The number of hydrogen-bond donors (Lipinski definition) is 1. The maximum atomic E-state index is 13.1. The lowest BCUT2D eigenvalue weighted by molar-refractivity contribution is -0.136. The number of morpholine rings is 1. The van der Waals surface area contributed by atoms with Gasteiger partial charge in [-0.05, 0) is 35.6 Å². The van der Waals surface area contributed by atoms with E-state index in [1.54, 1.807) is 14.0 Å². The number of amidine groups is 1. The van der Waals surface area contributed by atoms with Crippen molar-refractivity contribution in [2.75, 3.05) is 53.6 Å². The van der Waals surface area contributed by atoms with E-state index in [2.05, 4.69) is 10.2 Å². The summed E-state index contributed by atoms with van der Waals surface area (Å²) in [5.74, 6) is 0.548. The van der Waals surface area contributed by atoms with E-state index in [9.17, 15) is 9.59 Å². The Morgan fingerprint density at radius 1 is 1.10 bits per heavy atom. The minimum Gasteiger partial charge on any atom is -0.493 e. The van der Waals surface area contributed by atoms with E-state index in [1.165, 1.54) is 18.9 Å². The zero-order chi connectivity index (χ0) is 29.5. The fourth-order valence-electron chi connectivity index (χ4n) is 5.17. The van der Waals surface area contributed by atoms with Gasteiger partial charge in [-0.3, -0.25) is 9.69 Å². The molecular formula is C31H36N4O6S. The third-order valence-electron chi connectivity index (χ3n) is 7.34. The molecule has 2 aromatic rings. The number of ether oxygens (including phenoxy) is 4. The fraction of sp³-hybridized carbons (Fsp3) is 0.387. The summed E-state index contributed by atoms with van der Waals surface area (Å²) in [4.78, 5) is 35.0. The lowest BCUT2D eigenvalue weighted by Crippen LogP contribution is -2.42. The lowest BCUT2D eigenvalue weighted by atomic mass is 9.93. The first-order valence-corrected chi connectivity index (χ1v) is 14.8. The molecule has 42 heavy (non-hydrogen) atoms. The molecular weight excluding hydrogens is 556 g/mol. The Balaban J connectivity index is 1.36. The number of rotatable bonds is 11. The molecule has 0 saturated carbocycles. The van der Waals surface area contributed by atoms with Gasteiger partial charge in [0.2, 0.25) is 5.91 Å². The number of methoxy groups -OCH3 is 2. The normalized spacial score (nSPS) is 18.6. The summed E-state index contributed by atoms with van der Waals surface area (Å²) < 4.78 is 22.4. The van der Waals surface area contributed by atoms with Crippen LogP contribution in [-0.2, 0) is 25.7 Å². The molecule has 1 amide bonds. The molecule has 10 nitrogen and oxygen atoms in total. The number of nitrogens with zero attached hydrogens (tertiary/aromatic N) is 3. The number of amides is 1. The highest BCUT2D eigenvalue weighted by atomic mass is 32.2. The van der Waals surface area contributed by atoms with E-state index < -0.39 is 12.0 Å². The van der Waals surface area contributed by atoms with Crippen molar-refractivity contribution < 1.29 is 28.5 Å². The third-order valence-corrected chi connectivity index (χ3v) is 8.23. The van der Waals surface area contributed by atoms with Crippen LogP contribution < -0.4 is 14.8 Å². The van der Waals surface area contributed by atoms with Gasteiger partial charge in [0.1, 0.15) is 6.61 Å². The van der Waals surface area contributed by atoms with Crippen LogP contribution in [0, 0.1) is 0 Å². The summed E-state index contributed by atoms with van der Waals surface area (Å²) in [5, 5.41) is 5.66. The summed E-state index contributed by atoms with van der Waals surface area (Å²) in [5.41, 5.74) is 3.55. The van der Waals surface area contributed by atoms with Gasteiger partial charge in [0.15, 0.2) is 16.7 Å². The van der Waals surface area contributed by atoms with Crippen molar-refractivity contribution in [2.45, 2.75) is 26.0 Å². The summed E-state index contributed by atoms with van der Waals surface area (Å²) in [6.45, 7) is 6.69. The molecule has 5 rings (SSSR count). The number of carbonyl (C=O) groups excluding carboxylic acids is 2. The number of allylic oxidation sites excluding steroid dienone is 1. The highest BCUT2D eigenvalue weighted by Crippen LogP contribution is 2.46. The summed E-state index contributed by atoms with van der Waals surface area (Å²) in [6, 6.07) is 14.9. The fourth-order valence-corrected chi connectivity index (χ4v) is 6.13. The van der Waals surface area contributed by atoms with Crippen LogP contribution in [0.1, 0.15) is 30.5 Å². The highest BCUT2D eigenvalue weighted by Gasteiger charge is 2.41. The number of carbonyl (C=O) groups is 2. The number of fused-ring (bicyclic) bond motifs is 1. The second-order valence-electron chi connectivity index (χ2n) is 10.0. The second kappa shape index (κ2) is 13.9. The molecule has 11 heteroatoms. The maximum Gasteiger partial charge on any atom is 0.338 e. The van der Waals surface area contributed by atoms with E-state index >= 15 is 0 Å². The van der Waals surface area contributed by atoms with Crippen LogP contribution in [0.2, 0.25) is 0 Å². The van der Waals surface area contributed by atoms with Crippen molar-refractivity contribution in [3.05, 3.63) is 82.0 Å². The van der Waals surface area contributed by atoms with Gasteiger partial charge in [-0.1, -0.05) is 48.2 Å². The van der Waals surface area contributed by atoms with Gasteiger partial charge >= 0.3 is 5.97 Å². The van der Waals surface area contributed by atoms with E-state index in [1.807, 2.05) is 58.8 Å². The Bertz CT molecular complexity index is 1390. The van der Waals surface area contributed by atoms with E-state index in [0.29, 0.717) is 41.1 Å². The number of nitrogens with one attached hydrogen (secondary N) is 1. The number of hydrogen-bond acceptors (Lipinski definition) is 10. The molecule has 0 aromatic heterocycles. The standard InChI is InChI=1S/C31H36N4O6S/c1-21-28(30(37)39-3)29(23-9-10-25(26(17-23)38-2)41-19-22-7-5-4-6-8-22)35-24(20-42-31(35)33-21)18-27(36)32-11-12-34-13-15-40-16-14-34/h4-10,17,20,29H,11-16,18-19H2,1-3H3,(H,32,36)/t29-/m1/s1. The zero-order valence-electron chi connectivity index (χ0n) is 24.1. The van der Waals surface area contributed by atoms with Crippen LogP contribution in [0.3, 0.4) is 0 Å². The Hall–Kier alpha value is -3.80. The molecule has 1 fully saturated rings. The molecule has 3 aliphatic rings. The molecule has 3 heterocycles. The maximum absolute atomic E-state index is 13.1. The van der Waals surface area contributed by atoms with Crippen LogP contribution in [-0.4, -0.2) is 80.5 Å². The van der Waals surface area contributed by atoms with Crippen molar-refractivity contribution >= 4 is 28.8 Å². The summed E-state index contributed by atoms with van der Waals surface area (Å²) in [6.07, 6.45) is 0.147.